The molecule has 1 unspecified atom stereocenters. The largest absolute Gasteiger partial charge is 0.382 e. The quantitative estimate of drug-likeness (QED) is 0.613. The van der Waals surface area contributed by atoms with Crippen LogP contribution in [-0.2, 0) is 14.2 Å². The highest BCUT2D eigenvalue weighted by Crippen LogP contribution is 1.91. The summed E-state index contributed by atoms with van der Waals surface area (Å²) in [4.78, 5) is 0. The number of hydrogen-bond acceptors (Lipinski definition) is 3. The van der Waals surface area contributed by atoms with E-state index in [0.717, 1.165) is 0 Å². The smallest absolute Gasteiger partial charge is 0.104 e. The fourth-order valence-electron chi connectivity index (χ4n) is 0.585. The Balaban J connectivity index is 0. The average Bonchev–Trinajstić information content (AvgIpc) is 1.98. The van der Waals surface area contributed by atoms with Crippen LogP contribution in [-0.4, -0.2) is 40.1 Å². The van der Waals surface area contributed by atoms with Crippen molar-refractivity contribution in [2.24, 2.45) is 0 Å². The molecular formula is C7H16ClO3. The molecule has 11 heavy (non-hydrogen) atoms. The maximum Gasteiger partial charge on any atom is 0.104 e. The zero-order chi connectivity index (χ0) is 7.82. The van der Waals surface area contributed by atoms with E-state index in [1.54, 1.807) is 14.2 Å². The summed E-state index contributed by atoms with van der Waals surface area (Å²) in [6, 6.07) is 0. The van der Waals surface area contributed by atoms with Crippen molar-refractivity contribution < 1.29 is 14.2 Å². The lowest BCUT2D eigenvalue weighted by molar-refractivity contribution is -0.0249. The topological polar surface area (TPSA) is 27.7 Å². The molecule has 0 N–H and O–H groups in total. The van der Waals surface area contributed by atoms with Crippen LogP contribution in [0.3, 0.4) is 0 Å². The van der Waals surface area contributed by atoms with Crippen LogP contribution in [0.15, 0.2) is 0 Å². The number of hydrogen-bond donors (Lipinski definition) is 0. The van der Waals surface area contributed by atoms with Crippen molar-refractivity contribution in [3.63, 3.8) is 0 Å². The van der Waals surface area contributed by atoms with E-state index in [2.05, 4.69) is 6.92 Å². The van der Waals surface area contributed by atoms with Gasteiger partial charge in [-0.1, -0.05) is 0 Å². The highest BCUT2D eigenvalue weighted by molar-refractivity contribution is 5.85. The summed E-state index contributed by atoms with van der Waals surface area (Å²) in [5, 5.41) is 0. The van der Waals surface area contributed by atoms with Crippen molar-refractivity contribution in [1.29, 1.82) is 0 Å². The van der Waals surface area contributed by atoms with Gasteiger partial charge in [-0.3, -0.25) is 0 Å². The summed E-state index contributed by atoms with van der Waals surface area (Å²) in [6.07, 6.45) is 0.0340. The summed E-state index contributed by atoms with van der Waals surface area (Å²) in [5.41, 5.74) is 0. The van der Waals surface area contributed by atoms with Crippen molar-refractivity contribution in [1.82, 2.24) is 0 Å². The van der Waals surface area contributed by atoms with Crippen molar-refractivity contribution >= 4 is 12.4 Å². The predicted molar refractivity (Wildman–Crippen MR) is 46.1 cm³/mol. The van der Waals surface area contributed by atoms with Crippen molar-refractivity contribution in [3.8, 4) is 0 Å². The molecule has 0 spiro atoms. The highest BCUT2D eigenvalue weighted by Gasteiger charge is 2.04. The van der Waals surface area contributed by atoms with Gasteiger partial charge >= 0.3 is 0 Å². The molecule has 69 valence electrons. The number of ether oxygens (including phenoxy) is 3. The third-order valence-corrected chi connectivity index (χ3v) is 1.13. The van der Waals surface area contributed by atoms with Gasteiger partial charge in [-0.25, -0.2) is 0 Å². The summed E-state index contributed by atoms with van der Waals surface area (Å²) >= 11 is 0. The fraction of sp³-hybridized carbons (Fsp3) is 0.857. The molecule has 0 rings (SSSR count). The standard InChI is InChI=1S/C7H15O3.ClH/c1-4-10-6-7(9-3)5-8-2;/h7H,1,4-6H2,2-3H3;1H. The lowest BCUT2D eigenvalue weighted by Crippen LogP contribution is -2.23. The van der Waals surface area contributed by atoms with E-state index in [0.29, 0.717) is 19.8 Å². The van der Waals surface area contributed by atoms with Gasteiger partial charge in [0.05, 0.1) is 13.2 Å². The molecule has 0 amide bonds. The average molecular weight is 184 g/mol. The molecule has 0 heterocycles. The van der Waals surface area contributed by atoms with E-state index in [1.807, 2.05) is 0 Å². The van der Waals surface area contributed by atoms with Gasteiger partial charge in [0.15, 0.2) is 0 Å². The first-order valence-corrected chi connectivity index (χ1v) is 3.23. The SMILES string of the molecule is Cl.[CH2]COCC(COC)OC. The molecule has 1 atom stereocenters. The number of rotatable bonds is 6. The molecule has 0 aromatic heterocycles. The van der Waals surface area contributed by atoms with Crippen LogP contribution >= 0.6 is 12.4 Å². The molecule has 0 aromatic rings. The van der Waals surface area contributed by atoms with Gasteiger partial charge in [0.2, 0.25) is 0 Å². The Labute approximate surface area is 74.4 Å². The zero-order valence-electron chi connectivity index (χ0n) is 7.04. The second-order valence-electron chi connectivity index (χ2n) is 1.89. The van der Waals surface area contributed by atoms with Gasteiger partial charge in [-0.05, 0) is 6.92 Å². The van der Waals surface area contributed by atoms with Gasteiger partial charge in [0, 0.05) is 20.8 Å². The second-order valence-corrected chi connectivity index (χ2v) is 1.89. The molecule has 0 saturated carbocycles. The lowest BCUT2D eigenvalue weighted by atomic mass is 10.4. The van der Waals surface area contributed by atoms with Gasteiger partial charge in [0.25, 0.3) is 0 Å². The molecule has 0 aliphatic rings. The van der Waals surface area contributed by atoms with E-state index < -0.39 is 0 Å². The first-order chi connectivity index (χ1) is 4.85. The van der Waals surface area contributed by atoms with E-state index >= 15 is 0 Å². The zero-order valence-corrected chi connectivity index (χ0v) is 7.86. The van der Waals surface area contributed by atoms with E-state index in [1.165, 1.54) is 0 Å². The number of halogens is 1. The fourth-order valence-corrected chi connectivity index (χ4v) is 0.585. The lowest BCUT2D eigenvalue weighted by Gasteiger charge is -2.12. The molecule has 0 bridgehead atoms. The van der Waals surface area contributed by atoms with Crippen LogP contribution in [0.5, 0.6) is 0 Å². The Morgan fingerprint density at radius 3 is 2.27 bits per heavy atom. The minimum Gasteiger partial charge on any atom is -0.382 e. The van der Waals surface area contributed by atoms with Crippen molar-refractivity contribution in [2.45, 2.75) is 6.10 Å². The highest BCUT2D eigenvalue weighted by atomic mass is 35.5. The molecule has 0 saturated heterocycles. The maximum atomic E-state index is 5.02. The minimum atomic E-state index is 0. The Kier molecular flexibility index (Phi) is 12.7. The molecule has 4 heteroatoms. The summed E-state index contributed by atoms with van der Waals surface area (Å²) in [7, 11) is 3.27. The molecule has 3 nitrogen and oxygen atoms in total. The predicted octanol–water partition coefficient (Wildman–Crippen LogP) is 0.920. The van der Waals surface area contributed by atoms with E-state index in [9.17, 15) is 0 Å². The molecule has 0 aromatic carbocycles. The maximum absolute atomic E-state index is 5.02. The van der Waals surface area contributed by atoms with Crippen molar-refractivity contribution in [3.05, 3.63) is 6.92 Å². The number of methoxy groups -OCH3 is 2. The summed E-state index contributed by atoms with van der Waals surface area (Å²) < 4.78 is 14.9. The van der Waals surface area contributed by atoms with E-state index in [4.69, 9.17) is 14.2 Å². The Bertz CT molecular complexity index is 70.7. The monoisotopic (exact) mass is 183 g/mol. The van der Waals surface area contributed by atoms with Gasteiger partial charge in [-0.2, -0.15) is 0 Å². The Hall–Kier alpha value is 0.170. The second kappa shape index (κ2) is 10.2. The molecule has 0 fully saturated rings. The summed E-state index contributed by atoms with van der Waals surface area (Å²) in [5.74, 6) is 0. The normalized spacial score (nSPS) is 12.3. The van der Waals surface area contributed by atoms with Crippen LogP contribution in [0, 0.1) is 6.92 Å². The minimum absolute atomic E-state index is 0. The van der Waals surface area contributed by atoms with Crippen LogP contribution in [0.1, 0.15) is 0 Å². The molecule has 1 radical (unpaired) electrons. The van der Waals surface area contributed by atoms with Gasteiger partial charge < -0.3 is 14.2 Å². The van der Waals surface area contributed by atoms with Crippen LogP contribution in [0.2, 0.25) is 0 Å². The van der Waals surface area contributed by atoms with Gasteiger partial charge in [0.1, 0.15) is 6.10 Å². The Morgan fingerprint density at radius 2 is 1.91 bits per heavy atom. The third kappa shape index (κ3) is 8.07. The molecular weight excluding hydrogens is 168 g/mol. The first-order valence-electron chi connectivity index (χ1n) is 3.23. The van der Waals surface area contributed by atoms with Crippen LogP contribution in [0.4, 0.5) is 0 Å². The van der Waals surface area contributed by atoms with Crippen LogP contribution in [0.25, 0.3) is 0 Å². The summed E-state index contributed by atoms with van der Waals surface area (Å²) in [6.45, 7) is 5.12. The molecule has 0 aliphatic carbocycles. The van der Waals surface area contributed by atoms with Crippen LogP contribution < -0.4 is 0 Å². The third-order valence-electron chi connectivity index (χ3n) is 1.13. The van der Waals surface area contributed by atoms with E-state index in [-0.39, 0.29) is 18.5 Å². The Morgan fingerprint density at radius 1 is 1.27 bits per heavy atom. The molecule has 0 aliphatic heterocycles. The first kappa shape index (κ1) is 13.7. The van der Waals surface area contributed by atoms with Crippen molar-refractivity contribution in [2.75, 3.05) is 34.0 Å². The van der Waals surface area contributed by atoms with Gasteiger partial charge in [-0.15, -0.1) is 12.4 Å².